The Morgan fingerprint density at radius 1 is 1.00 bits per heavy atom. The molecule has 17 nitrogen and oxygen atoms in total. The minimum atomic E-state index is -4.69. The van der Waals surface area contributed by atoms with Crippen molar-refractivity contribution in [1.82, 2.24) is 19.6 Å². The number of fused-ring (bicyclic) bond motifs is 4. The highest BCUT2D eigenvalue weighted by Crippen LogP contribution is 2.55. The first-order valence-corrected chi connectivity index (χ1v) is 25.8. The zero-order chi connectivity index (χ0) is 47.4. The highest BCUT2D eigenvalue weighted by molar-refractivity contribution is 7.90. The number of hydrogen-bond acceptors (Lipinski definition) is 14. The molecule has 5 fully saturated rings. The Morgan fingerprint density at radius 2 is 1.81 bits per heavy atom. The van der Waals surface area contributed by atoms with Gasteiger partial charge in [-0.25, -0.2) is 13.1 Å². The number of likely N-dealkylation sites (tertiary alicyclic amines) is 1. The number of carbonyl (C=O) groups is 1. The van der Waals surface area contributed by atoms with Gasteiger partial charge in [0.2, 0.25) is 5.88 Å². The number of aryl methyl sites for hydroxylation is 1. The van der Waals surface area contributed by atoms with Crippen LogP contribution in [0.4, 0.5) is 28.4 Å². The largest absolute Gasteiger partial charge is 0.489 e. The van der Waals surface area contributed by atoms with Crippen LogP contribution >= 0.6 is 0 Å². The number of nitro groups is 1. The number of pyridine rings is 1. The Labute approximate surface area is 401 Å². The second kappa shape index (κ2) is 16.6. The van der Waals surface area contributed by atoms with Crippen molar-refractivity contribution >= 4 is 55.4 Å². The number of nitro benzene ring substituents is 1. The molecule has 2 saturated carbocycles. The van der Waals surface area contributed by atoms with Gasteiger partial charge >= 0.3 is 0 Å². The minimum Gasteiger partial charge on any atom is -0.489 e. The number of aromatic amines is 1. The number of anilines is 4. The highest BCUT2D eigenvalue weighted by atomic mass is 32.2. The van der Waals surface area contributed by atoms with Crippen molar-refractivity contribution in [3.8, 4) is 11.6 Å². The van der Waals surface area contributed by atoms with E-state index in [0.717, 1.165) is 75.3 Å². The van der Waals surface area contributed by atoms with Crippen LogP contribution in [0, 0.1) is 28.4 Å². The summed E-state index contributed by atoms with van der Waals surface area (Å²) in [4.78, 5) is 41.3. The fourth-order valence-electron chi connectivity index (χ4n) is 12.6. The van der Waals surface area contributed by atoms with Gasteiger partial charge in [-0.15, -0.1) is 0 Å². The molecule has 2 aromatic heterocycles. The molecule has 3 N–H and O–H groups in total. The molecule has 3 saturated heterocycles. The summed E-state index contributed by atoms with van der Waals surface area (Å²) in [6, 6.07) is 20.8. The average molecular weight is 959 g/mol. The number of rotatable bonds is 10. The molecule has 7 heterocycles. The van der Waals surface area contributed by atoms with Crippen LogP contribution in [0.15, 0.2) is 77.8 Å². The number of nitrogens with zero attached hydrogens (tertiary/aromatic N) is 5. The molecule has 1 amide bonds. The maximum absolute atomic E-state index is 14.7. The van der Waals surface area contributed by atoms with Crippen molar-refractivity contribution < 1.29 is 37.1 Å². The molecule has 0 bridgehead atoms. The third-order valence-corrected chi connectivity index (χ3v) is 17.9. The number of aromatic nitrogens is 2. The standard InChI is InChI=1S/C51H58N8O9S/c1-30-7-4-5-8-36(30)39-9-6-18-57(39)34-23-51(24-34)28-56(29-51)33-10-11-37(40(20-33)58-42-19-32-14-17-52-47(32)54-49(42)68-45-27-66-26-43(45)58)48(60)55-69(63,64)35-21-41(59(61)62)46-44(22-35)67-25-38(53-46)31-12-15-50(2,65-3)16-13-31/h4-5,7-8,10-11,14,17,19-22,31,34,38-39,43,45,53H,6,9,12-13,15-16,18,23-29H2,1-3H3,(H,52,54)(H,55,60)/t31?,38-,39-,43-,45-,50?/m0/s1. The molecule has 3 aromatic carbocycles. The van der Waals surface area contributed by atoms with E-state index in [1.807, 2.05) is 29.2 Å². The van der Waals surface area contributed by atoms with E-state index in [2.05, 4.69) is 62.9 Å². The Morgan fingerprint density at radius 3 is 2.59 bits per heavy atom. The fraction of sp³-hybridized carbons (Fsp3) is 0.490. The topological polar surface area (TPSA) is 194 Å². The lowest BCUT2D eigenvalue weighted by atomic mass is 9.60. The van der Waals surface area contributed by atoms with Crippen molar-refractivity contribution in [2.75, 3.05) is 61.7 Å². The van der Waals surface area contributed by atoms with Gasteiger partial charge in [0.25, 0.3) is 21.6 Å². The number of sulfonamides is 1. The molecule has 5 aliphatic heterocycles. The van der Waals surface area contributed by atoms with Crippen LogP contribution in [0.25, 0.3) is 11.0 Å². The number of methoxy groups -OCH3 is 1. The summed E-state index contributed by atoms with van der Waals surface area (Å²) in [6.45, 7) is 7.97. The zero-order valence-electron chi connectivity index (χ0n) is 39.1. The Bertz CT molecular complexity index is 2980. The summed E-state index contributed by atoms with van der Waals surface area (Å²) in [5.74, 6) is -0.312. The number of ether oxygens (including phenoxy) is 4. The first kappa shape index (κ1) is 44.3. The second-order valence-electron chi connectivity index (χ2n) is 20.8. The number of nitrogens with one attached hydrogen (secondary N) is 3. The van der Waals surface area contributed by atoms with Crippen molar-refractivity contribution in [2.45, 2.75) is 106 Å². The zero-order valence-corrected chi connectivity index (χ0v) is 39.9. The minimum absolute atomic E-state index is 0.0354. The molecule has 362 valence electrons. The number of amides is 1. The summed E-state index contributed by atoms with van der Waals surface area (Å²) in [5.41, 5.74) is 5.18. The molecule has 69 heavy (non-hydrogen) atoms. The molecule has 0 unspecified atom stereocenters. The predicted octanol–water partition coefficient (Wildman–Crippen LogP) is 7.77. The SMILES string of the molecule is COC1(C)CCC([C@@H]2COc3cc(S(=O)(=O)NC(=O)c4ccc(N5CC6(CC(N7CCC[C@H]7c7ccccc7C)C6)C5)cc4N4c5cc6cc[nH]c6nc5O[C@H]5COC[C@@H]54)cc([N+](=O)[O-])c3N2)CC1. The molecular weight excluding hydrogens is 901 g/mol. The average Bonchev–Trinajstić information content (AvgIpc) is 4.11. The van der Waals surface area contributed by atoms with Crippen LogP contribution in [0.5, 0.6) is 11.6 Å². The molecule has 5 aromatic rings. The number of carbonyl (C=O) groups excluding carboxylic acids is 1. The predicted molar refractivity (Wildman–Crippen MR) is 259 cm³/mol. The first-order valence-electron chi connectivity index (χ1n) is 24.3. The lowest BCUT2D eigenvalue weighted by Crippen LogP contribution is -2.66. The third kappa shape index (κ3) is 7.65. The van der Waals surface area contributed by atoms with Crippen molar-refractivity contribution in [3.05, 3.63) is 99.7 Å². The van der Waals surface area contributed by atoms with Gasteiger partial charge in [-0.3, -0.25) is 19.8 Å². The van der Waals surface area contributed by atoms with Crippen LogP contribution in [-0.4, -0.2) is 111 Å². The molecule has 0 radical (unpaired) electrons. The first-order chi connectivity index (χ1) is 33.3. The van der Waals surface area contributed by atoms with E-state index in [1.54, 1.807) is 19.4 Å². The Hall–Kier alpha value is -5.95. The van der Waals surface area contributed by atoms with Gasteiger partial charge in [0, 0.05) is 67.1 Å². The van der Waals surface area contributed by atoms with Gasteiger partial charge in [0.05, 0.1) is 52.0 Å². The Kier molecular flexibility index (Phi) is 10.6. The molecule has 1 spiro atoms. The number of H-pyrrole nitrogens is 1. The summed E-state index contributed by atoms with van der Waals surface area (Å²) in [7, 11) is -2.97. The quantitative estimate of drug-likeness (QED) is 0.0908. The summed E-state index contributed by atoms with van der Waals surface area (Å²) in [6.07, 6.45) is 9.42. The lowest BCUT2D eigenvalue weighted by molar-refractivity contribution is -0.384. The lowest BCUT2D eigenvalue weighted by Gasteiger charge is -2.62. The van der Waals surface area contributed by atoms with E-state index < -0.39 is 37.5 Å². The van der Waals surface area contributed by atoms with Gasteiger partial charge in [-0.2, -0.15) is 4.98 Å². The normalized spacial score (nSPS) is 27.3. The van der Waals surface area contributed by atoms with E-state index in [4.69, 9.17) is 23.9 Å². The molecule has 12 rings (SSSR count). The number of benzene rings is 3. The molecule has 18 heteroatoms. The van der Waals surface area contributed by atoms with E-state index >= 15 is 0 Å². The summed E-state index contributed by atoms with van der Waals surface area (Å²) < 4.78 is 55.1. The van der Waals surface area contributed by atoms with Gasteiger partial charge in [-0.05, 0) is 119 Å². The molecule has 7 aliphatic rings. The fourth-order valence-corrected chi connectivity index (χ4v) is 13.6. The van der Waals surface area contributed by atoms with E-state index in [-0.39, 0.29) is 52.6 Å². The van der Waals surface area contributed by atoms with E-state index in [9.17, 15) is 23.3 Å². The van der Waals surface area contributed by atoms with Crippen LogP contribution in [-0.2, 0) is 19.5 Å². The number of hydrogen-bond donors (Lipinski definition) is 3. The third-order valence-electron chi connectivity index (χ3n) is 16.6. The van der Waals surface area contributed by atoms with Crippen molar-refractivity contribution in [3.63, 3.8) is 0 Å². The van der Waals surface area contributed by atoms with Gasteiger partial charge in [0.1, 0.15) is 24.0 Å². The van der Waals surface area contributed by atoms with Gasteiger partial charge < -0.3 is 39.0 Å². The second-order valence-corrected chi connectivity index (χ2v) is 22.5. The van der Waals surface area contributed by atoms with Crippen LogP contribution in [0.3, 0.4) is 0 Å². The van der Waals surface area contributed by atoms with Crippen LogP contribution in [0.2, 0.25) is 0 Å². The monoisotopic (exact) mass is 958 g/mol. The van der Waals surface area contributed by atoms with Crippen molar-refractivity contribution in [2.24, 2.45) is 11.3 Å². The summed E-state index contributed by atoms with van der Waals surface area (Å²) >= 11 is 0. The highest BCUT2D eigenvalue weighted by Gasteiger charge is 2.55. The molecule has 2 aliphatic carbocycles. The molecular formula is C51H58N8O9S. The van der Waals surface area contributed by atoms with E-state index in [1.165, 1.54) is 30.0 Å². The smallest absolute Gasteiger partial charge is 0.297 e. The van der Waals surface area contributed by atoms with E-state index in [0.29, 0.717) is 48.2 Å². The van der Waals surface area contributed by atoms with Crippen molar-refractivity contribution in [1.29, 1.82) is 0 Å². The molecule has 4 atom stereocenters. The maximum atomic E-state index is 14.7. The van der Waals surface area contributed by atoms with Crippen LogP contribution < -0.4 is 29.3 Å². The van der Waals surface area contributed by atoms with Gasteiger partial charge in [-0.1, -0.05) is 24.3 Å². The Balaban J connectivity index is 0.833. The van der Waals surface area contributed by atoms with Gasteiger partial charge in [0.15, 0.2) is 11.4 Å². The summed E-state index contributed by atoms with van der Waals surface area (Å²) in [5, 5.41) is 16.7. The maximum Gasteiger partial charge on any atom is 0.297 e. The van der Waals surface area contributed by atoms with Crippen LogP contribution in [0.1, 0.15) is 85.8 Å².